The SMILES string of the molecule is O=Cc1cnccc1-c1ccc(F)c(F)c1. The third kappa shape index (κ3) is 1.82. The minimum Gasteiger partial charge on any atom is -0.298 e. The Bertz CT molecular complexity index is 540. The number of carbonyl (C=O) groups excluding carboxylic acids is 1. The molecule has 0 N–H and O–H groups in total. The van der Waals surface area contributed by atoms with Crippen molar-refractivity contribution in [1.82, 2.24) is 4.98 Å². The molecular weight excluding hydrogens is 212 g/mol. The fraction of sp³-hybridized carbons (Fsp3) is 0. The number of aldehydes is 1. The van der Waals surface area contributed by atoms with Crippen molar-refractivity contribution in [1.29, 1.82) is 0 Å². The predicted molar refractivity (Wildman–Crippen MR) is 55.0 cm³/mol. The highest BCUT2D eigenvalue weighted by atomic mass is 19.2. The van der Waals surface area contributed by atoms with Gasteiger partial charge in [-0.15, -0.1) is 0 Å². The van der Waals surface area contributed by atoms with Gasteiger partial charge in [-0.3, -0.25) is 9.78 Å². The Hall–Kier alpha value is -2.10. The average Bonchev–Trinajstić information content (AvgIpc) is 2.32. The quantitative estimate of drug-likeness (QED) is 0.727. The first-order valence-electron chi connectivity index (χ1n) is 4.57. The zero-order chi connectivity index (χ0) is 11.5. The smallest absolute Gasteiger partial charge is 0.159 e. The summed E-state index contributed by atoms with van der Waals surface area (Å²) in [7, 11) is 0. The molecule has 1 heterocycles. The van der Waals surface area contributed by atoms with E-state index in [0.29, 0.717) is 23.0 Å². The molecule has 0 radical (unpaired) electrons. The number of rotatable bonds is 2. The van der Waals surface area contributed by atoms with Crippen molar-refractivity contribution in [3.8, 4) is 11.1 Å². The summed E-state index contributed by atoms with van der Waals surface area (Å²) in [6.07, 6.45) is 3.50. The molecule has 0 aliphatic heterocycles. The molecule has 0 bridgehead atoms. The molecule has 0 atom stereocenters. The molecule has 0 saturated carbocycles. The van der Waals surface area contributed by atoms with Crippen LogP contribution in [0.4, 0.5) is 8.78 Å². The van der Waals surface area contributed by atoms with Crippen LogP contribution >= 0.6 is 0 Å². The van der Waals surface area contributed by atoms with Crippen LogP contribution in [0.2, 0.25) is 0 Å². The second-order valence-corrected chi connectivity index (χ2v) is 3.21. The third-order valence-corrected chi connectivity index (χ3v) is 2.21. The first-order chi connectivity index (χ1) is 7.72. The van der Waals surface area contributed by atoms with Gasteiger partial charge in [-0.1, -0.05) is 6.07 Å². The molecule has 2 nitrogen and oxygen atoms in total. The first kappa shape index (κ1) is 10.4. The van der Waals surface area contributed by atoms with E-state index >= 15 is 0 Å². The number of halogens is 2. The summed E-state index contributed by atoms with van der Waals surface area (Å²) in [4.78, 5) is 14.5. The van der Waals surface area contributed by atoms with Gasteiger partial charge in [0.25, 0.3) is 0 Å². The number of hydrogen-bond acceptors (Lipinski definition) is 2. The molecule has 80 valence electrons. The van der Waals surface area contributed by atoms with E-state index in [2.05, 4.69) is 4.98 Å². The maximum Gasteiger partial charge on any atom is 0.159 e. The molecule has 0 spiro atoms. The van der Waals surface area contributed by atoms with Crippen LogP contribution in [0.25, 0.3) is 11.1 Å². The van der Waals surface area contributed by atoms with E-state index in [4.69, 9.17) is 0 Å². The zero-order valence-electron chi connectivity index (χ0n) is 8.15. The van der Waals surface area contributed by atoms with Crippen LogP contribution in [-0.4, -0.2) is 11.3 Å². The van der Waals surface area contributed by atoms with E-state index in [1.807, 2.05) is 0 Å². The van der Waals surface area contributed by atoms with Crippen molar-refractivity contribution < 1.29 is 13.6 Å². The van der Waals surface area contributed by atoms with Gasteiger partial charge in [-0.2, -0.15) is 0 Å². The number of nitrogens with zero attached hydrogens (tertiary/aromatic N) is 1. The molecule has 2 rings (SSSR count). The highest BCUT2D eigenvalue weighted by molar-refractivity contribution is 5.86. The minimum atomic E-state index is -0.939. The van der Waals surface area contributed by atoms with Crippen LogP contribution < -0.4 is 0 Å². The zero-order valence-corrected chi connectivity index (χ0v) is 8.15. The molecule has 16 heavy (non-hydrogen) atoms. The van der Waals surface area contributed by atoms with Crippen LogP contribution in [0.1, 0.15) is 10.4 Å². The predicted octanol–water partition coefficient (Wildman–Crippen LogP) is 2.84. The van der Waals surface area contributed by atoms with Crippen molar-refractivity contribution in [3.63, 3.8) is 0 Å². The second kappa shape index (κ2) is 4.18. The number of carbonyl (C=O) groups is 1. The lowest BCUT2D eigenvalue weighted by atomic mass is 10.0. The molecule has 0 amide bonds. The van der Waals surface area contributed by atoms with Crippen molar-refractivity contribution in [2.75, 3.05) is 0 Å². The first-order valence-corrected chi connectivity index (χ1v) is 4.57. The third-order valence-electron chi connectivity index (χ3n) is 2.21. The number of hydrogen-bond donors (Lipinski definition) is 0. The molecule has 0 saturated heterocycles. The van der Waals surface area contributed by atoms with Crippen molar-refractivity contribution in [3.05, 3.63) is 53.9 Å². The van der Waals surface area contributed by atoms with E-state index < -0.39 is 11.6 Å². The van der Waals surface area contributed by atoms with Crippen molar-refractivity contribution in [2.24, 2.45) is 0 Å². The Balaban J connectivity index is 2.58. The summed E-state index contributed by atoms with van der Waals surface area (Å²) in [5.74, 6) is -1.85. The van der Waals surface area contributed by atoms with Crippen molar-refractivity contribution >= 4 is 6.29 Å². The molecule has 2 aromatic rings. The van der Waals surface area contributed by atoms with Gasteiger partial charge in [-0.25, -0.2) is 8.78 Å². The number of benzene rings is 1. The summed E-state index contributed by atoms with van der Waals surface area (Å²) in [6.45, 7) is 0. The lowest BCUT2D eigenvalue weighted by molar-refractivity contribution is 0.112. The van der Waals surface area contributed by atoms with Crippen LogP contribution in [0.5, 0.6) is 0 Å². The maximum absolute atomic E-state index is 13.0. The Morgan fingerprint density at radius 2 is 1.94 bits per heavy atom. The highest BCUT2D eigenvalue weighted by Crippen LogP contribution is 2.23. The average molecular weight is 219 g/mol. The minimum absolute atomic E-state index is 0.341. The molecule has 0 fully saturated rings. The second-order valence-electron chi connectivity index (χ2n) is 3.21. The molecule has 0 aliphatic rings. The summed E-state index contributed by atoms with van der Waals surface area (Å²) in [6, 6.07) is 5.08. The number of pyridine rings is 1. The standard InChI is InChI=1S/C12H7F2NO/c13-11-2-1-8(5-12(11)14)10-3-4-15-6-9(10)7-16/h1-7H. The molecular formula is C12H7F2NO. The molecule has 4 heteroatoms. The lowest BCUT2D eigenvalue weighted by Gasteiger charge is -2.04. The van der Waals surface area contributed by atoms with Gasteiger partial charge >= 0.3 is 0 Å². The van der Waals surface area contributed by atoms with E-state index in [1.54, 1.807) is 6.07 Å². The molecule has 0 unspecified atom stereocenters. The van der Waals surface area contributed by atoms with Gasteiger partial charge in [0.1, 0.15) is 0 Å². The number of aromatic nitrogens is 1. The maximum atomic E-state index is 13.0. The fourth-order valence-electron chi connectivity index (χ4n) is 1.43. The van der Waals surface area contributed by atoms with Crippen LogP contribution in [-0.2, 0) is 0 Å². The summed E-state index contributed by atoms with van der Waals surface area (Å²) in [5.41, 5.74) is 1.32. The van der Waals surface area contributed by atoms with Crippen LogP contribution in [0.3, 0.4) is 0 Å². The highest BCUT2D eigenvalue weighted by Gasteiger charge is 2.07. The summed E-state index contributed by atoms with van der Waals surface area (Å²) >= 11 is 0. The van der Waals surface area contributed by atoms with Gasteiger partial charge in [0, 0.05) is 18.0 Å². The Kier molecular flexibility index (Phi) is 2.72. The van der Waals surface area contributed by atoms with Gasteiger partial charge in [0.2, 0.25) is 0 Å². The van der Waals surface area contributed by atoms with Gasteiger partial charge in [0.15, 0.2) is 17.9 Å². The molecule has 1 aromatic carbocycles. The summed E-state index contributed by atoms with van der Waals surface area (Å²) < 4.78 is 25.8. The van der Waals surface area contributed by atoms with E-state index in [9.17, 15) is 13.6 Å². The van der Waals surface area contributed by atoms with E-state index in [-0.39, 0.29) is 0 Å². The molecule has 1 aromatic heterocycles. The van der Waals surface area contributed by atoms with E-state index in [0.717, 1.165) is 12.1 Å². The topological polar surface area (TPSA) is 30.0 Å². The van der Waals surface area contributed by atoms with E-state index in [1.165, 1.54) is 18.5 Å². The Labute approximate surface area is 90.6 Å². The van der Waals surface area contributed by atoms with Crippen molar-refractivity contribution in [2.45, 2.75) is 0 Å². The largest absolute Gasteiger partial charge is 0.298 e. The molecule has 0 aliphatic carbocycles. The van der Waals surface area contributed by atoms with Gasteiger partial charge in [-0.05, 0) is 29.3 Å². The Morgan fingerprint density at radius 3 is 2.62 bits per heavy atom. The summed E-state index contributed by atoms with van der Waals surface area (Å²) in [5, 5.41) is 0. The monoisotopic (exact) mass is 219 g/mol. The Morgan fingerprint density at radius 1 is 1.12 bits per heavy atom. The normalized spacial score (nSPS) is 10.1. The van der Waals surface area contributed by atoms with Crippen LogP contribution in [0.15, 0.2) is 36.7 Å². The van der Waals surface area contributed by atoms with Gasteiger partial charge < -0.3 is 0 Å². The lowest BCUT2D eigenvalue weighted by Crippen LogP contribution is -1.91. The fourth-order valence-corrected chi connectivity index (χ4v) is 1.43. The van der Waals surface area contributed by atoms with Crippen LogP contribution in [0, 0.1) is 11.6 Å². The van der Waals surface area contributed by atoms with Gasteiger partial charge in [0.05, 0.1) is 0 Å².